The molecule has 21 heavy (non-hydrogen) atoms. The smallest absolute Gasteiger partial charge is 0.270 e. The van der Waals surface area contributed by atoms with E-state index in [4.69, 9.17) is 0 Å². The maximum absolute atomic E-state index is 12.2. The van der Waals surface area contributed by atoms with E-state index in [2.05, 4.69) is 27.4 Å². The third-order valence-corrected chi connectivity index (χ3v) is 3.84. The number of pyridine rings is 1. The molecule has 1 fully saturated rings. The van der Waals surface area contributed by atoms with Crippen LogP contribution in [0.25, 0.3) is 0 Å². The summed E-state index contributed by atoms with van der Waals surface area (Å²) in [6.45, 7) is 8.40. The number of likely N-dealkylation sites (tertiary alicyclic amines) is 1. The summed E-state index contributed by atoms with van der Waals surface area (Å²) in [6.07, 6.45) is 4.96. The molecule has 2 rings (SSSR count). The molecule has 5 heteroatoms. The van der Waals surface area contributed by atoms with Crippen molar-refractivity contribution in [2.24, 2.45) is 0 Å². The van der Waals surface area contributed by atoms with E-state index in [1.54, 1.807) is 12.3 Å². The second-order valence-electron chi connectivity index (χ2n) is 5.55. The number of nitrogens with zero attached hydrogens (tertiary/aromatic N) is 2. The molecule has 1 aromatic rings. The van der Waals surface area contributed by atoms with E-state index in [9.17, 15) is 4.79 Å². The first-order valence-electron chi connectivity index (χ1n) is 7.96. The van der Waals surface area contributed by atoms with Crippen molar-refractivity contribution in [3.63, 3.8) is 0 Å². The van der Waals surface area contributed by atoms with Gasteiger partial charge in [0.15, 0.2) is 0 Å². The predicted molar refractivity (Wildman–Crippen MR) is 85.6 cm³/mol. The zero-order chi connectivity index (χ0) is 15.1. The average Bonchev–Trinajstić information content (AvgIpc) is 2.50. The lowest BCUT2D eigenvalue weighted by molar-refractivity contribution is 0.0906. The van der Waals surface area contributed by atoms with Gasteiger partial charge in [-0.25, -0.2) is 4.98 Å². The molecule has 0 bridgehead atoms. The van der Waals surface area contributed by atoms with E-state index in [-0.39, 0.29) is 11.9 Å². The van der Waals surface area contributed by atoms with Crippen molar-refractivity contribution in [1.82, 2.24) is 15.2 Å². The second-order valence-corrected chi connectivity index (χ2v) is 5.55. The van der Waals surface area contributed by atoms with Gasteiger partial charge in [-0.15, -0.1) is 0 Å². The maximum atomic E-state index is 12.2. The predicted octanol–water partition coefficient (Wildman–Crippen LogP) is 2.12. The Kier molecular flexibility index (Phi) is 5.99. The highest BCUT2D eigenvalue weighted by atomic mass is 16.1. The Morgan fingerprint density at radius 1 is 1.33 bits per heavy atom. The first-order chi connectivity index (χ1) is 10.2. The number of hydrogen-bond acceptors (Lipinski definition) is 4. The summed E-state index contributed by atoms with van der Waals surface area (Å²) in [6, 6.07) is 3.95. The molecule has 0 saturated carbocycles. The Hall–Kier alpha value is -1.62. The van der Waals surface area contributed by atoms with Crippen LogP contribution in [-0.4, -0.2) is 48.0 Å². The maximum Gasteiger partial charge on any atom is 0.270 e. The minimum atomic E-state index is -0.0630. The fourth-order valence-corrected chi connectivity index (χ4v) is 2.71. The normalized spacial score (nSPS) is 16.7. The minimum absolute atomic E-state index is 0.0630. The van der Waals surface area contributed by atoms with Gasteiger partial charge in [-0.3, -0.25) is 4.79 Å². The molecule has 0 unspecified atom stereocenters. The van der Waals surface area contributed by atoms with Gasteiger partial charge in [0.05, 0.1) is 11.9 Å². The van der Waals surface area contributed by atoms with Crippen LogP contribution in [0.5, 0.6) is 0 Å². The van der Waals surface area contributed by atoms with Gasteiger partial charge < -0.3 is 15.5 Å². The van der Waals surface area contributed by atoms with Gasteiger partial charge >= 0.3 is 0 Å². The molecule has 1 amide bonds. The lowest BCUT2D eigenvalue weighted by atomic mass is 10.0. The number of rotatable bonds is 6. The molecule has 0 spiro atoms. The molecule has 1 aromatic heterocycles. The molecule has 0 aliphatic carbocycles. The van der Waals surface area contributed by atoms with E-state index >= 15 is 0 Å². The summed E-state index contributed by atoms with van der Waals surface area (Å²) in [5, 5.41) is 6.27. The van der Waals surface area contributed by atoms with E-state index in [1.165, 1.54) is 6.42 Å². The Bertz CT molecular complexity index is 438. The van der Waals surface area contributed by atoms with Crippen LogP contribution in [0.1, 0.15) is 43.6 Å². The number of piperidine rings is 1. The van der Waals surface area contributed by atoms with Crippen molar-refractivity contribution in [3.05, 3.63) is 24.0 Å². The van der Waals surface area contributed by atoms with E-state index in [0.29, 0.717) is 5.69 Å². The van der Waals surface area contributed by atoms with Crippen LogP contribution in [0.15, 0.2) is 18.3 Å². The topological polar surface area (TPSA) is 57.3 Å². The van der Waals surface area contributed by atoms with Gasteiger partial charge in [0, 0.05) is 25.7 Å². The SMILES string of the molecule is CCCN1CCC(NC(=O)c2ccc(NCC)cn2)CC1. The molecule has 116 valence electrons. The largest absolute Gasteiger partial charge is 0.384 e. The van der Waals surface area contributed by atoms with Crippen molar-refractivity contribution < 1.29 is 4.79 Å². The van der Waals surface area contributed by atoms with Crippen LogP contribution in [0.4, 0.5) is 5.69 Å². The van der Waals surface area contributed by atoms with E-state index in [0.717, 1.165) is 44.7 Å². The fraction of sp³-hybridized carbons (Fsp3) is 0.625. The quantitative estimate of drug-likeness (QED) is 0.842. The summed E-state index contributed by atoms with van der Waals surface area (Å²) in [5.74, 6) is -0.0630. The average molecular weight is 290 g/mol. The Labute approximate surface area is 127 Å². The molecular formula is C16H26N4O. The van der Waals surface area contributed by atoms with Gasteiger partial charge in [-0.1, -0.05) is 6.92 Å². The highest BCUT2D eigenvalue weighted by molar-refractivity contribution is 5.92. The van der Waals surface area contributed by atoms with Crippen molar-refractivity contribution in [1.29, 1.82) is 0 Å². The lowest BCUT2D eigenvalue weighted by Gasteiger charge is -2.32. The Morgan fingerprint density at radius 3 is 2.67 bits per heavy atom. The van der Waals surface area contributed by atoms with Gasteiger partial charge in [0.25, 0.3) is 5.91 Å². The number of aromatic nitrogens is 1. The number of hydrogen-bond donors (Lipinski definition) is 2. The molecule has 1 aliphatic rings. The van der Waals surface area contributed by atoms with Gasteiger partial charge in [-0.2, -0.15) is 0 Å². The lowest BCUT2D eigenvalue weighted by Crippen LogP contribution is -2.44. The Morgan fingerprint density at radius 2 is 2.10 bits per heavy atom. The van der Waals surface area contributed by atoms with Crippen molar-refractivity contribution in [3.8, 4) is 0 Å². The van der Waals surface area contributed by atoms with Crippen molar-refractivity contribution in [2.75, 3.05) is 31.5 Å². The monoisotopic (exact) mass is 290 g/mol. The Balaban J connectivity index is 1.81. The zero-order valence-electron chi connectivity index (χ0n) is 13.1. The highest BCUT2D eigenvalue weighted by Crippen LogP contribution is 2.12. The molecule has 2 heterocycles. The van der Waals surface area contributed by atoms with E-state index in [1.807, 2.05) is 13.0 Å². The van der Waals surface area contributed by atoms with Crippen LogP contribution in [0.3, 0.4) is 0 Å². The first kappa shape index (κ1) is 15.8. The van der Waals surface area contributed by atoms with Gasteiger partial charge in [0.2, 0.25) is 0 Å². The van der Waals surface area contributed by atoms with Crippen molar-refractivity contribution >= 4 is 11.6 Å². The van der Waals surface area contributed by atoms with Crippen LogP contribution in [0, 0.1) is 0 Å². The number of anilines is 1. The minimum Gasteiger partial charge on any atom is -0.384 e. The number of carbonyl (C=O) groups is 1. The van der Waals surface area contributed by atoms with Crippen molar-refractivity contribution in [2.45, 2.75) is 39.2 Å². The molecule has 0 atom stereocenters. The summed E-state index contributed by atoms with van der Waals surface area (Å²) in [5.41, 5.74) is 1.44. The fourth-order valence-electron chi connectivity index (χ4n) is 2.71. The molecule has 0 radical (unpaired) electrons. The number of amides is 1. The van der Waals surface area contributed by atoms with Crippen LogP contribution in [-0.2, 0) is 0 Å². The molecular weight excluding hydrogens is 264 g/mol. The second kappa shape index (κ2) is 7.98. The van der Waals surface area contributed by atoms with Crippen LogP contribution >= 0.6 is 0 Å². The standard InChI is InChI=1S/C16H26N4O/c1-3-9-20-10-7-13(8-11-20)19-16(21)15-6-5-14(12-18-15)17-4-2/h5-6,12-13,17H,3-4,7-11H2,1-2H3,(H,19,21). The molecule has 1 aliphatic heterocycles. The zero-order valence-corrected chi connectivity index (χ0v) is 13.1. The van der Waals surface area contributed by atoms with E-state index < -0.39 is 0 Å². The molecule has 1 saturated heterocycles. The number of carbonyl (C=O) groups excluding carboxylic acids is 1. The number of nitrogens with one attached hydrogen (secondary N) is 2. The third-order valence-electron chi connectivity index (χ3n) is 3.84. The first-order valence-corrected chi connectivity index (χ1v) is 7.96. The van der Waals surface area contributed by atoms with Crippen LogP contribution < -0.4 is 10.6 Å². The summed E-state index contributed by atoms with van der Waals surface area (Å²) < 4.78 is 0. The summed E-state index contributed by atoms with van der Waals surface area (Å²) in [7, 11) is 0. The molecule has 2 N–H and O–H groups in total. The van der Waals surface area contributed by atoms with Gasteiger partial charge in [-0.05, 0) is 44.9 Å². The van der Waals surface area contributed by atoms with Gasteiger partial charge in [0.1, 0.15) is 5.69 Å². The summed E-state index contributed by atoms with van der Waals surface area (Å²) in [4.78, 5) is 18.9. The molecule has 5 nitrogen and oxygen atoms in total. The third kappa shape index (κ3) is 4.70. The highest BCUT2D eigenvalue weighted by Gasteiger charge is 2.20. The summed E-state index contributed by atoms with van der Waals surface area (Å²) >= 11 is 0. The van der Waals surface area contributed by atoms with Crippen LogP contribution in [0.2, 0.25) is 0 Å². The molecule has 0 aromatic carbocycles.